The standard InChI is InChI=1S/C19H21FN4/c20-14-7-5-13(6-8-14)12-24-18-4-2-1-3-17(18)23-19(24)15-11-22-10-9-16(15)21/h1-8,15-16,22H,9-12,21H2. The number of hydrogen-bond acceptors (Lipinski definition) is 3. The molecule has 0 aliphatic carbocycles. The van der Waals surface area contributed by atoms with Gasteiger partial charge in [0.05, 0.1) is 11.0 Å². The summed E-state index contributed by atoms with van der Waals surface area (Å²) < 4.78 is 15.4. The Hall–Kier alpha value is -2.24. The Balaban J connectivity index is 1.79. The Morgan fingerprint density at radius 3 is 2.75 bits per heavy atom. The van der Waals surface area contributed by atoms with E-state index in [1.54, 1.807) is 0 Å². The third-order valence-corrected chi connectivity index (χ3v) is 4.81. The van der Waals surface area contributed by atoms with Crippen LogP contribution in [0.25, 0.3) is 11.0 Å². The van der Waals surface area contributed by atoms with Crippen molar-refractivity contribution in [3.8, 4) is 0 Å². The predicted octanol–water partition coefficient (Wildman–Crippen LogP) is 2.63. The zero-order valence-corrected chi connectivity index (χ0v) is 13.5. The second-order valence-electron chi connectivity index (χ2n) is 6.43. The number of benzene rings is 2. The van der Waals surface area contributed by atoms with E-state index in [0.29, 0.717) is 6.54 Å². The lowest BCUT2D eigenvalue weighted by molar-refractivity contribution is 0.383. The van der Waals surface area contributed by atoms with Crippen LogP contribution in [-0.2, 0) is 6.54 Å². The van der Waals surface area contributed by atoms with Crippen LogP contribution in [0.1, 0.15) is 23.7 Å². The molecule has 124 valence electrons. The fourth-order valence-corrected chi connectivity index (χ4v) is 3.48. The van der Waals surface area contributed by atoms with E-state index < -0.39 is 0 Å². The number of fused-ring (bicyclic) bond motifs is 1. The molecule has 2 unspecified atom stereocenters. The van der Waals surface area contributed by atoms with Crippen molar-refractivity contribution < 1.29 is 4.39 Å². The summed E-state index contributed by atoms with van der Waals surface area (Å²) in [7, 11) is 0. The van der Waals surface area contributed by atoms with Crippen LogP contribution in [-0.4, -0.2) is 28.7 Å². The van der Waals surface area contributed by atoms with Crippen LogP contribution in [0.15, 0.2) is 48.5 Å². The summed E-state index contributed by atoms with van der Waals surface area (Å²) in [6.45, 7) is 2.46. The smallest absolute Gasteiger partial charge is 0.123 e. The molecule has 0 radical (unpaired) electrons. The van der Waals surface area contributed by atoms with E-state index in [0.717, 1.165) is 41.9 Å². The summed E-state index contributed by atoms with van der Waals surface area (Å²) in [4.78, 5) is 4.87. The topological polar surface area (TPSA) is 55.9 Å². The fraction of sp³-hybridized carbons (Fsp3) is 0.316. The molecule has 2 heterocycles. The summed E-state index contributed by atoms with van der Waals surface area (Å²) in [5, 5.41) is 3.42. The van der Waals surface area contributed by atoms with Gasteiger partial charge in [-0.3, -0.25) is 0 Å². The Morgan fingerprint density at radius 1 is 1.17 bits per heavy atom. The van der Waals surface area contributed by atoms with Crippen molar-refractivity contribution in [3.63, 3.8) is 0 Å². The Bertz CT molecular complexity index is 840. The second-order valence-corrected chi connectivity index (χ2v) is 6.43. The van der Waals surface area contributed by atoms with E-state index >= 15 is 0 Å². The first-order chi connectivity index (χ1) is 11.7. The largest absolute Gasteiger partial charge is 0.327 e. The lowest BCUT2D eigenvalue weighted by atomic mass is 9.93. The number of nitrogens with two attached hydrogens (primary N) is 1. The van der Waals surface area contributed by atoms with Crippen LogP contribution in [0.5, 0.6) is 0 Å². The van der Waals surface area contributed by atoms with E-state index in [1.165, 1.54) is 12.1 Å². The van der Waals surface area contributed by atoms with Gasteiger partial charge in [-0.2, -0.15) is 0 Å². The van der Waals surface area contributed by atoms with Crippen molar-refractivity contribution in [2.45, 2.75) is 24.9 Å². The lowest BCUT2D eigenvalue weighted by Gasteiger charge is -2.29. The number of rotatable bonds is 3. The first-order valence-corrected chi connectivity index (χ1v) is 8.38. The van der Waals surface area contributed by atoms with E-state index in [9.17, 15) is 4.39 Å². The van der Waals surface area contributed by atoms with Gasteiger partial charge in [0.2, 0.25) is 0 Å². The van der Waals surface area contributed by atoms with Crippen molar-refractivity contribution in [2.75, 3.05) is 13.1 Å². The summed E-state index contributed by atoms with van der Waals surface area (Å²) >= 11 is 0. The first kappa shape index (κ1) is 15.3. The monoisotopic (exact) mass is 324 g/mol. The molecule has 4 rings (SSSR count). The van der Waals surface area contributed by atoms with Gasteiger partial charge >= 0.3 is 0 Å². The molecular formula is C19H21FN4. The molecule has 0 bridgehead atoms. The van der Waals surface area contributed by atoms with Gasteiger partial charge in [-0.15, -0.1) is 0 Å². The number of imidazole rings is 1. The number of aromatic nitrogens is 2. The molecule has 0 saturated carbocycles. The van der Waals surface area contributed by atoms with Crippen molar-refractivity contribution in [2.24, 2.45) is 5.73 Å². The maximum absolute atomic E-state index is 13.2. The average molecular weight is 324 g/mol. The van der Waals surface area contributed by atoms with Gasteiger partial charge in [0.15, 0.2) is 0 Å². The minimum absolute atomic E-state index is 0.107. The molecule has 1 aliphatic rings. The maximum atomic E-state index is 13.2. The average Bonchev–Trinajstić information content (AvgIpc) is 2.96. The first-order valence-electron chi connectivity index (χ1n) is 8.38. The molecule has 1 fully saturated rings. The van der Waals surface area contributed by atoms with Gasteiger partial charge in [-0.1, -0.05) is 24.3 Å². The highest BCUT2D eigenvalue weighted by molar-refractivity contribution is 5.76. The van der Waals surface area contributed by atoms with E-state index in [4.69, 9.17) is 10.7 Å². The molecule has 3 N–H and O–H groups in total. The van der Waals surface area contributed by atoms with Crippen LogP contribution in [0.2, 0.25) is 0 Å². The number of nitrogens with one attached hydrogen (secondary N) is 1. The summed E-state index contributed by atoms with van der Waals surface area (Å²) in [5.41, 5.74) is 9.50. The molecule has 1 saturated heterocycles. The van der Waals surface area contributed by atoms with Gasteiger partial charge in [-0.25, -0.2) is 9.37 Å². The number of nitrogens with zero attached hydrogens (tertiary/aromatic N) is 2. The van der Waals surface area contributed by atoms with Crippen LogP contribution in [0.4, 0.5) is 4.39 Å². The van der Waals surface area contributed by atoms with E-state index in [1.807, 2.05) is 30.3 Å². The quantitative estimate of drug-likeness (QED) is 0.779. The highest BCUT2D eigenvalue weighted by Crippen LogP contribution is 2.27. The highest BCUT2D eigenvalue weighted by atomic mass is 19.1. The fourth-order valence-electron chi connectivity index (χ4n) is 3.48. The summed E-state index contributed by atoms with van der Waals surface area (Å²) in [5.74, 6) is 0.986. The Kier molecular flexibility index (Phi) is 4.04. The molecule has 4 nitrogen and oxygen atoms in total. The van der Waals surface area contributed by atoms with Gasteiger partial charge in [0, 0.05) is 25.0 Å². The Labute approximate surface area is 140 Å². The van der Waals surface area contributed by atoms with Gasteiger partial charge < -0.3 is 15.6 Å². The molecule has 1 aliphatic heterocycles. The molecule has 1 aromatic heterocycles. The number of piperidine rings is 1. The third-order valence-electron chi connectivity index (χ3n) is 4.81. The molecule has 5 heteroatoms. The van der Waals surface area contributed by atoms with Crippen LogP contribution in [0, 0.1) is 5.82 Å². The number of halogens is 1. The maximum Gasteiger partial charge on any atom is 0.123 e. The van der Waals surface area contributed by atoms with Crippen molar-refractivity contribution in [3.05, 3.63) is 65.7 Å². The highest BCUT2D eigenvalue weighted by Gasteiger charge is 2.28. The van der Waals surface area contributed by atoms with E-state index in [-0.39, 0.29) is 17.8 Å². The van der Waals surface area contributed by atoms with Crippen molar-refractivity contribution in [1.82, 2.24) is 14.9 Å². The number of hydrogen-bond donors (Lipinski definition) is 2. The van der Waals surface area contributed by atoms with Gasteiger partial charge in [-0.05, 0) is 42.8 Å². The SMILES string of the molecule is NC1CCNCC1c1nc2ccccc2n1Cc1ccc(F)cc1. The molecule has 0 spiro atoms. The minimum atomic E-state index is -0.215. The Morgan fingerprint density at radius 2 is 1.96 bits per heavy atom. The minimum Gasteiger partial charge on any atom is -0.327 e. The number of para-hydroxylation sites is 2. The van der Waals surface area contributed by atoms with E-state index in [2.05, 4.69) is 16.0 Å². The van der Waals surface area contributed by atoms with Crippen molar-refractivity contribution >= 4 is 11.0 Å². The zero-order valence-electron chi connectivity index (χ0n) is 13.5. The normalized spacial score (nSPS) is 21.2. The third kappa shape index (κ3) is 2.81. The van der Waals surface area contributed by atoms with Gasteiger partial charge in [0.1, 0.15) is 11.6 Å². The van der Waals surface area contributed by atoms with Crippen LogP contribution in [0.3, 0.4) is 0 Å². The molecule has 3 aromatic rings. The lowest BCUT2D eigenvalue weighted by Crippen LogP contribution is -2.44. The van der Waals surface area contributed by atoms with Crippen LogP contribution >= 0.6 is 0 Å². The summed E-state index contributed by atoms with van der Waals surface area (Å²) in [6, 6.07) is 14.9. The van der Waals surface area contributed by atoms with Gasteiger partial charge in [0.25, 0.3) is 0 Å². The predicted molar refractivity (Wildman–Crippen MR) is 93.4 cm³/mol. The zero-order chi connectivity index (χ0) is 16.5. The molecule has 24 heavy (non-hydrogen) atoms. The molecule has 0 amide bonds. The molecule has 2 atom stereocenters. The van der Waals surface area contributed by atoms with Crippen LogP contribution < -0.4 is 11.1 Å². The summed E-state index contributed by atoms with van der Waals surface area (Å²) in [6.07, 6.45) is 0.949. The second kappa shape index (κ2) is 6.34. The van der Waals surface area contributed by atoms with Crippen molar-refractivity contribution in [1.29, 1.82) is 0 Å². The molecular weight excluding hydrogens is 303 g/mol. The molecule has 2 aromatic carbocycles.